The maximum absolute atomic E-state index is 13.1. The molecule has 0 amide bonds. The largest absolute Gasteiger partial charge is 0.458 e. The van der Waals surface area contributed by atoms with Crippen LogP contribution in [0.2, 0.25) is 0 Å². The fourth-order valence-corrected chi connectivity index (χ4v) is 5.04. The summed E-state index contributed by atoms with van der Waals surface area (Å²) in [5.74, 6) is -1.08. The highest BCUT2D eigenvalue weighted by Crippen LogP contribution is 2.62. The van der Waals surface area contributed by atoms with E-state index in [2.05, 4.69) is 0 Å². The highest BCUT2D eigenvalue weighted by molar-refractivity contribution is 5.90. The van der Waals surface area contributed by atoms with E-state index in [4.69, 9.17) is 14.2 Å². The van der Waals surface area contributed by atoms with Crippen molar-refractivity contribution in [2.75, 3.05) is 0 Å². The molecular formula is C22H26O6. The molecule has 2 heterocycles. The molecule has 6 nitrogen and oxygen atoms in total. The predicted molar refractivity (Wildman–Crippen MR) is 101 cm³/mol. The summed E-state index contributed by atoms with van der Waals surface area (Å²) < 4.78 is 17.9. The number of ether oxygens (including phenoxy) is 3. The van der Waals surface area contributed by atoms with Crippen LogP contribution in [-0.2, 0) is 19.0 Å². The van der Waals surface area contributed by atoms with Gasteiger partial charge in [-0.2, -0.15) is 0 Å². The maximum atomic E-state index is 13.1. The molecule has 3 aliphatic rings. The molecule has 150 valence electrons. The third kappa shape index (κ3) is 2.40. The molecule has 1 N–H and O–H groups in total. The standard InChI is InChI=1S/C22H26O6/c1-19(2)12-10-16-21(4)15(26-17(23)14-8-6-5-7-9-14)11-13-20(3,25)22(21,28-19)18(24)27-16/h5-10,12,15-16,25H,11,13H2,1-4H3/t15-,16-,20-,21-,22+/m1/s1. The van der Waals surface area contributed by atoms with Gasteiger partial charge in [0.05, 0.1) is 16.6 Å². The second-order valence-electron chi connectivity index (χ2n) is 8.93. The zero-order valence-electron chi connectivity index (χ0n) is 16.6. The Bertz CT molecular complexity index is 842. The number of carbonyl (C=O) groups excluding carboxylic acids is 2. The van der Waals surface area contributed by atoms with Crippen molar-refractivity contribution in [1.29, 1.82) is 0 Å². The van der Waals surface area contributed by atoms with Gasteiger partial charge in [-0.15, -0.1) is 0 Å². The van der Waals surface area contributed by atoms with E-state index in [1.165, 1.54) is 0 Å². The van der Waals surface area contributed by atoms with Gasteiger partial charge in [-0.3, -0.25) is 0 Å². The Morgan fingerprint density at radius 3 is 2.54 bits per heavy atom. The molecule has 2 aliphatic heterocycles. The molecule has 2 bridgehead atoms. The second-order valence-corrected chi connectivity index (χ2v) is 8.93. The molecule has 1 saturated heterocycles. The predicted octanol–water partition coefficient (Wildman–Crippen LogP) is 2.79. The van der Waals surface area contributed by atoms with Crippen molar-refractivity contribution in [2.24, 2.45) is 5.41 Å². The van der Waals surface area contributed by atoms with Gasteiger partial charge in [-0.1, -0.05) is 24.3 Å². The van der Waals surface area contributed by atoms with E-state index in [1.807, 2.05) is 32.9 Å². The highest BCUT2D eigenvalue weighted by Gasteiger charge is 2.79. The van der Waals surface area contributed by atoms with Gasteiger partial charge in [-0.05, 0) is 58.7 Å². The van der Waals surface area contributed by atoms with Crippen molar-refractivity contribution in [2.45, 2.75) is 69.5 Å². The zero-order valence-corrected chi connectivity index (χ0v) is 16.6. The first-order valence-electron chi connectivity index (χ1n) is 9.62. The lowest BCUT2D eigenvalue weighted by atomic mass is 9.55. The minimum atomic E-state index is -1.64. The summed E-state index contributed by atoms with van der Waals surface area (Å²) in [5, 5.41) is 11.3. The van der Waals surface area contributed by atoms with Gasteiger partial charge < -0.3 is 19.3 Å². The molecule has 0 radical (unpaired) electrons. The zero-order chi connectivity index (χ0) is 20.4. The number of hydrogen-bond acceptors (Lipinski definition) is 6. The van der Waals surface area contributed by atoms with Crippen LogP contribution in [-0.4, -0.2) is 46.1 Å². The summed E-state index contributed by atoms with van der Waals surface area (Å²) >= 11 is 0. The Morgan fingerprint density at radius 1 is 1.18 bits per heavy atom. The minimum absolute atomic E-state index is 0.243. The van der Waals surface area contributed by atoms with Gasteiger partial charge in [0.25, 0.3) is 0 Å². The summed E-state index contributed by atoms with van der Waals surface area (Å²) in [5.41, 5.74) is -4.53. The van der Waals surface area contributed by atoms with E-state index in [0.717, 1.165) is 0 Å². The SMILES string of the molecule is CC1(C)C=C[C@H]2OC(=O)[C@@]3(O1)[C@]2(C)[C@H](OC(=O)c1ccccc1)CC[C@@]3(C)O. The highest BCUT2D eigenvalue weighted by atomic mass is 16.6. The van der Waals surface area contributed by atoms with E-state index in [1.54, 1.807) is 37.3 Å². The van der Waals surface area contributed by atoms with Crippen molar-refractivity contribution in [3.8, 4) is 0 Å². The molecule has 0 unspecified atom stereocenters. The molecule has 28 heavy (non-hydrogen) atoms. The fourth-order valence-electron chi connectivity index (χ4n) is 5.04. The quantitative estimate of drug-likeness (QED) is 0.622. The average molecular weight is 386 g/mol. The lowest BCUT2D eigenvalue weighted by molar-refractivity contribution is -0.276. The van der Waals surface area contributed by atoms with Crippen LogP contribution in [0.3, 0.4) is 0 Å². The lowest BCUT2D eigenvalue weighted by Crippen LogP contribution is -2.73. The molecule has 1 aromatic carbocycles. The molecule has 6 heteroatoms. The van der Waals surface area contributed by atoms with Crippen molar-refractivity contribution in [1.82, 2.24) is 0 Å². The first-order valence-corrected chi connectivity index (χ1v) is 9.62. The third-order valence-electron chi connectivity index (χ3n) is 6.54. The number of rotatable bonds is 2. The summed E-state index contributed by atoms with van der Waals surface area (Å²) in [6.07, 6.45) is 2.94. The van der Waals surface area contributed by atoms with Crippen LogP contribution in [0, 0.1) is 5.41 Å². The molecule has 4 rings (SSSR count). The van der Waals surface area contributed by atoms with Crippen molar-refractivity contribution in [3.05, 3.63) is 48.0 Å². The molecule has 2 fully saturated rings. The fraction of sp³-hybridized carbons (Fsp3) is 0.545. The number of benzene rings is 1. The first-order chi connectivity index (χ1) is 13.0. The molecule has 1 saturated carbocycles. The van der Waals surface area contributed by atoms with Gasteiger partial charge in [-0.25, -0.2) is 9.59 Å². The Labute approximate surface area is 164 Å². The molecule has 1 aliphatic carbocycles. The van der Waals surface area contributed by atoms with Crippen LogP contribution in [0.1, 0.15) is 50.9 Å². The van der Waals surface area contributed by atoms with Crippen LogP contribution in [0.4, 0.5) is 0 Å². The summed E-state index contributed by atoms with van der Waals surface area (Å²) in [6.45, 7) is 7.08. The monoisotopic (exact) mass is 386 g/mol. The van der Waals surface area contributed by atoms with Crippen LogP contribution in [0.5, 0.6) is 0 Å². The van der Waals surface area contributed by atoms with E-state index < -0.39 is 46.4 Å². The molecule has 5 atom stereocenters. The number of carbonyl (C=O) groups is 2. The third-order valence-corrected chi connectivity index (χ3v) is 6.54. The lowest BCUT2D eigenvalue weighted by Gasteiger charge is -2.56. The van der Waals surface area contributed by atoms with Gasteiger partial charge in [0, 0.05) is 0 Å². The molecule has 1 aromatic rings. The van der Waals surface area contributed by atoms with Gasteiger partial charge >= 0.3 is 11.9 Å². The van der Waals surface area contributed by atoms with Crippen LogP contribution < -0.4 is 0 Å². The summed E-state index contributed by atoms with van der Waals surface area (Å²) in [4.78, 5) is 25.8. The summed E-state index contributed by atoms with van der Waals surface area (Å²) in [7, 11) is 0. The van der Waals surface area contributed by atoms with Crippen molar-refractivity contribution in [3.63, 3.8) is 0 Å². The van der Waals surface area contributed by atoms with Gasteiger partial charge in [0.15, 0.2) is 0 Å². The first kappa shape index (κ1) is 19.2. The average Bonchev–Trinajstić information content (AvgIpc) is 2.80. The van der Waals surface area contributed by atoms with Gasteiger partial charge in [0.2, 0.25) is 5.60 Å². The Balaban J connectivity index is 1.79. The number of esters is 2. The van der Waals surface area contributed by atoms with E-state index >= 15 is 0 Å². The Morgan fingerprint density at radius 2 is 1.86 bits per heavy atom. The van der Waals surface area contributed by atoms with E-state index in [0.29, 0.717) is 12.0 Å². The smallest absolute Gasteiger partial charge is 0.343 e. The topological polar surface area (TPSA) is 82.1 Å². The molecule has 0 spiro atoms. The molecule has 0 aromatic heterocycles. The van der Waals surface area contributed by atoms with Crippen molar-refractivity contribution < 1.29 is 28.9 Å². The van der Waals surface area contributed by atoms with Crippen LogP contribution >= 0.6 is 0 Å². The van der Waals surface area contributed by atoms with Crippen LogP contribution in [0.25, 0.3) is 0 Å². The van der Waals surface area contributed by atoms with Crippen molar-refractivity contribution >= 4 is 11.9 Å². The number of hydrogen-bond donors (Lipinski definition) is 1. The van der Waals surface area contributed by atoms with E-state index in [9.17, 15) is 14.7 Å². The number of aliphatic hydroxyl groups is 1. The minimum Gasteiger partial charge on any atom is -0.458 e. The second kappa shape index (κ2) is 5.91. The normalized spacial score (nSPS) is 41.0. The molecular weight excluding hydrogens is 360 g/mol. The maximum Gasteiger partial charge on any atom is 0.343 e. The summed E-state index contributed by atoms with van der Waals surface area (Å²) in [6, 6.07) is 8.72. The van der Waals surface area contributed by atoms with Gasteiger partial charge in [0.1, 0.15) is 17.8 Å². The van der Waals surface area contributed by atoms with E-state index in [-0.39, 0.29) is 6.42 Å². The Kier molecular flexibility index (Phi) is 4.04. The Hall–Kier alpha value is -2.18. The van der Waals surface area contributed by atoms with Crippen LogP contribution in [0.15, 0.2) is 42.5 Å².